The predicted molar refractivity (Wildman–Crippen MR) is 138 cm³/mol. The van der Waals surface area contributed by atoms with Gasteiger partial charge in [-0.3, -0.25) is 10.1 Å². The molecule has 178 valence electrons. The lowest BCUT2D eigenvalue weighted by Crippen LogP contribution is -2.46. The van der Waals surface area contributed by atoms with E-state index in [9.17, 15) is 4.79 Å². The summed E-state index contributed by atoms with van der Waals surface area (Å²) in [6, 6.07) is 26.9. The third-order valence-corrected chi connectivity index (χ3v) is 6.73. The minimum atomic E-state index is -0.0237. The van der Waals surface area contributed by atoms with Gasteiger partial charge in [0.25, 0.3) is 0 Å². The molecule has 0 aliphatic carbocycles. The van der Waals surface area contributed by atoms with Gasteiger partial charge in [0.05, 0.1) is 25.7 Å². The summed E-state index contributed by atoms with van der Waals surface area (Å²) in [6.07, 6.45) is 2.25. The molecular weight excluding hydrogens is 420 g/mol. The van der Waals surface area contributed by atoms with E-state index in [1.165, 1.54) is 11.1 Å². The van der Waals surface area contributed by atoms with Gasteiger partial charge in [-0.2, -0.15) is 0 Å². The maximum Gasteiger partial charge on any atom is 0.228 e. The molecule has 4 rings (SSSR count). The molecule has 2 unspecified atom stereocenters. The maximum absolute atomic E-state index is 13.6. The Bertz CT molecular complexity index is 1090. The standard InChI is InChI=1S/C30H36N2O2/c1-30(2,3)25-15-17-27(34-4)24(20-25)21-31-28-18-16-26(23-13-9-6-10-14-23)32(28)29(33)19-22-11-7-5-8-12-22/h5-15,17,20,26,28,31H,16,18-19,21H2,1-4H3. The normalized spacial score (nSPS) is 18.2. The van der Waals surface area contributed by atoms with Crippen molar-refractivity contribution in [3.05, 3.63) is 101 Å². The molecule has 3 aromatic carbocycles. The smallest absolute Gasteiger partial charge is 0.228 e. The van der Waals surface area contributed by atoms with E-state index < -0.39 is 0 Å². The molecule has 0 aromatic heterocycles. The summed E-state index contributed by atoms with van der Waals surface area (Å²) in [5.41, 5.74) is 4.69. The van der Waals surface area contributed by atoms with E-state index in [2.05, 4.69) is 73.5 Å². The number of methoxy groups -OCH3 is 1. The molecule has 1 N–H and O–H groups in total. The number of likely N-dealkylation sites (tertiary alicyclic amines) is 1. The summed E-state index contributed by atoms with van der Waals surface area (Å²) in [5.74, 6) is 1.03. The van der Waals surface area contributed by atoms with Crippen molar-refractivity contribution in [3.8, 4) is 5.75 Å². The first-order valence-electron chi connectivity index (χ1n) is 12.2. The Morgan fingerprint density at radius 3 is 2.29 bits per heavy atom. The molecule has 0 spiro atoms. The summed E-state index contributed by atoms with van der Waals surface area (Å²) < 4.78 is 5.65. The van der Waals surface area contributed by atoms with Crippen molar-refractivity contribution in [1.29, 1.82) is 0 Å². The Morgan fingerprint density at radius 1 is 0.971 bits per heavy atom. The van der Waals surface area contributed by atoms with Crippen molar-refractivity contribution in [3.63, 3.8) is 0 Å². The minimum absolute atomic E-state index is 0.0237. The fraction of sp³-hybridized carbons (Fsp3) is 0.367. The Labute approximate surface area is 204 Å². The Hall–Kier alpha value is -3.11. The Balaban J connectivity index is 1.57. The monoisotopic (exact) mass is 456 g/mol. The molecule has 4 heteroatoms. The second kappa shape index (κ2) is 10.4. The van der Waals surface area contributed by atoms with Gasteiger partial charge in [-0.05, 0) is 41.0 Å². The molecule has 3 aromatic rings. The van der Waals surface area contributed by atoms with E-state index in [0.29, 0.717) is 13.0 Å². The van der Waals surface area contributed by atoms with Crippen LogP contribution in [0.4, 0.5) is 0 Å². The first kappa shape index (κ1) is 24.0. The summed E-state index contributed by atoms with van der Waals surface area (Å²) in [7, 11) is 1.71. The van der Waals surface area contributed by atoms with Gasteiger partial charge in [-0.25, -0.2) is 0 Å². The van der Waals surface area contributed by atoms with Crippen molar-refractivity contribution in [2.24, 2.45) is 0 Å². The molecule has 1 aliphatic heterocycles. The van der Waals surface area contributed by atoms with Gasteiger partial charge >= 0.3 is 0 Å². The number of nitrogens with one attached hydrogen (secondary N) is 1. The van der Waals surface area contributed by atoms with Crippen molar-refractivity contribution in [2.45, 2.75) is 64.2 Å². The number of hydrogen-bond acceptors (Lipinski definition) is 3. The van der Waals surface area contributed by atoms with Crippen LogP contribution in [0.2, 0.25) is 0 Å². The van der Waals surface area contributed by atoms with Crippen LogP contribution in [-0.2, 0) is 23.2 Å². The number of nitrogens with zero attached hydrogens (tertiary/aromatic N) is 1. The van der Waals surface area contributed by atoms with Crippen LogP contribution in [0.3, 0.4) is 0 Å². The van der Waals surface area contributed by atoms with Gasteiger partial charge in [0.2, 0.25) is 5.91 Å². The number of hydrogen-bond donors (Lipinski definition) is 1. The van der Waals surface area contributed by atoms with Crippen LogP contribution in [0.25, 0.3) is 0 Å². The van der Waals surface area contributed by atoms with Crippen LogP contribution in [0, 0.1) is 0 Å². The van der Waals surface area contributed by atoms with E-state index in [4.69, 9.17) is 4.74 Å². The molecule has 34 heavy (non-hydrogen) atoms. The van der Waals surface area contributed by atoms with Crippen LogP contribution in [0.5, 0.6) is 5.75 Å². The highest BCUT2D eigenvalue weighted by Gasteiger charge is 2.37. The van der Waals surface area contributed by atoms with E-state index >= 15 is 0 Å². The summed E-state index contributed by atoms with van der Waals surface area (Å²) in [4.78, 5) is 15.7. The second-order valence-corrected chi connectivity index (χ2v) is 10.1. The molecule has 1 amide bonds. The predicted octanol–water partition coefficient (Wildman–Crippen LogP) is 6.01. The molecule has 0 bridgehead atoms. The van der Waals surface area contributed by atoms with Crippen LogP contribution >= 0.6 is 0 Å². The third-order valence-electron chi connectivity index (χ3n) is 6.73. The van der Waals surface area contributed by atoms with Gasteiger partial charge < -0.3 is 9.64 Å². The topological polar surface area (TPSA) is 41.6 Å². The van der Waals surface area contributed by atoms with E-state index in [1.54, 1.807) is 7.11 Å². The number of amides is 1. The molecular formula is C30H36N2O2. The summed E-state index contributed by atoms with van der Waals surface area (Å²) >= 11 is 0. The molecule has 1 saturated heterocycles. The van der Waals surface area contributed by atoms with E-state index in [1.807, 2.05) is 36.4 Å². The van der Waals surface area contributed by atoms with E-state index in [0.717, 1.165) is 29.7 Å². The number of rotatable bonds is 7. The highest BCUT2D eigenvalue weighted by Crippen LogP contribution is 2.36. The Morgan fingerprint density at radius 2 is 1.65 bits per heavy atom. The van der Waals surface area contributed by atoms with Gasteiger partial charge in [-0.15, -0.1) is 0 Å². The molecule has 1 fully saturated rings. The van der Waals surface area contributed by atoms with Gasteiger partial charge in [-0.1, -0.05) is 93.6 Å². The lowest BCUT2D eigenvalue weighted by atomic mass is 9.86. The molecule has 0 radical (unpaired) electrons. The van der Waals surface area contributed by atoms with Crippen LogP contribution in [0.15, 0.2) is 78.9 Å². The van der Waals surface area contributed by atoms with Gasteiger partial charge in [0, 0.05) is 12.1 Å². The van der Waals surface area contributed by atoms with E-state index in [-0.39, 0.29) is 23.5 Å². The number of benzene rings is 3. The molecule has 1 heterocycles. The molecule has 0 saturated carbocycles. The van der Waals surface area contributed by atoms with Crippen molar-refractivity contribution >= 4 is 5.91 Å². The number of carbonyl (C=O) groups is 1. The maximum atomic E-state index is 13.6. The van der Waals surface area contributed by atoms with Crippen LogP contribution in [0.1, 0.15) is 61.9 Å². The van der Waals surface area contributed by atoms with Crippen molar-refractivity contribution in [1.82, 2.24) is 10.2 Å². The lowest BCUT2D eigenvalue weighted by Gasteiger charge is -2.32. The highest BCUT2D eigenvalue weighted by molar-refractivity contribution is 5.80. The van der Waals surface area contributed by atoms with Crippen molar-refractivity contribution < 1.29 is 9.53 Å². The number of ether oxygens (including phenoxy) is 1. The van der Waals surface area contributed by atoms with Crippen LogP contribution < -0.4 is 10.1 Å². The highest BCUT2D eigenvalue weighted by atomic mass is 16.5. The second-order valence-electron chi connectivity index (χ2n) is 10.1. The summed E-state index contributed by atoms with van der Waals surface area (Å²) in [5, 5.41) is 3.69. The molecule has 2 atom stereocenters. The Kier molecular flexibility index (Phi) is 7.38. The summed E-state index contributed by atoms with van der Waals surface area (Å²) in [6.45, 7) is 7.31. The largest absolute Gasteiger partial charge is 0.496 e. The first-order chi connectivity index (χ1) is 16.4. The fourth-order valence-electron chi connectivity index (χ4n) is 4.83. The average molecular weight is 457 g/mol. The third kappa shape index (κ3) is 5.51. The first-order valence-corrected chi connectivity index (χ1v) is 12.2. The zero-order valence-electron chi connectivity index (χ0n) is 20.8. The SMILES string of the molecule is COc1ccc(C(C)(C)C)cc1CNC1CCC(c2ccccc2)N1C(=O)Cc1ccccc1. The van der Waals surface area contributed by atoms with Crippen LogP contribution in [-0.4, -0.2) is 24.1 Å². The molecule has 1 aliphatic rings. The van der Waals surface area contributed by atoms with Gasteiger partial charge in [0.15, 0.2) is 0 Å². The average Bonchev–Trinajstić information content (AvgIpc) is 3.27. The number of carbonyl (C=O) groups excluding carboxylic acids is 1. The zero-order valence-corrected chi connectivity index (χ0v) is 20.8. The van der Waals surface area contributed by atoms with Gasteiger partial charge in [0.1, 0.15) is 5.75 Å². The lowest BCUT2D eigenvalue weighted by molar-refractivity contribution is -0.134. The van der Waals surface area contributed by atoms with Crippen molar-refractivity contribution in [2.75, 3.05) is 7.11 Å². The molecule has 4 nitrogen and oxygen atoms in total. The quantitative estimate of drug-likeness (QED) is 0.473. The minimum Gasteiger partial charge on any atom is -0.496 e. The zero-order chi connectivity index (χ0) is 24.1. The fourth-order valence-corrected chi connectivity index (χ4v) is 4.83.